The third-order valence-corrected chi connectivity index (χ3v) is 14.1. The van der Waals surface area contributed by atoms with Gasteiger partial charge >= 0.3 is 5.97 Å². The fourth-order valence-corrected chi connectivity index (χ4v) is 9.31. The SMILES string of the molecule is CCN(CC)CCCC[C@H](NC(=O)[C@@H](NC(=O)CCCC#Cc1cnc(S(C)(=O)=O)nc1)C(C)C)C(=O)NCC(=O)NCOC/C=C/c1c2c(nc3cc(F)c(C)cc13)-c1cc3c(c(=O)n1C2)COC(=O)[C@]3(O)CC. The van der Waals surface area contributed by atoms with Crippen molar-refractivity contribution < 1.29 is 51.4 Å². The topological polar surface area (TPSA) is 270 Å². The minimum absolute atomic E-state index is 0.0139. The van der Waals surface area contributed by atoms with Crippen molar-refractivity contribution >= 4 is 56.4 Å². The Hall–Kier alpha value is -6.93. The predicted octanol–water partition coefficient (Wildman–Crippen LogP) is 3.30. The highest BCUT2D eigenvalue weighted by Crippen LogP contribution is 2.41. The second-order valence-electron chi connectivity index (χ2n) is 18.9. The molecule has 4 aromatic rings. The number of amides is 4. The lowest BCUT2D eigenvalue weighted by Gasteiger charge is -2.31. The number of carbonyl (C=O) groups excluding carboxylic acids is 5. The van der Waals surface area contributed by atoms with E-state index in [-0.39, 0.29) is 73.9 Å². The molecule has 2 aliphatic heterocycles. The van der Waals surface area contributed by atoms with Gasteiger partial charge in [0, 0.05) is 54.1 Å². The molecular formula is C53H66FN9O11S. The Morgan fingerprint density at radius 3 is 2.41 bits per heavy atom. The number of nitrogens with one attached hydrogen (secondary N) is 4. The molecule has 0 bridgehead atoms. The van der Waals surface area contributed by atoms with Crippen LogP contribution in [0.25, 0.3) is 28.4 Å². The Bertz CT molecular complexity index is 3080. The number of benzene rings is 1. The van der Waals surface area contributed by atoms with E-state index in [1.165, 1.54) is 23.0 Å². The molecule has 75 heavy (non-hydrogen) atoms. The Morgan fingerprint density at radius 2 is 1.73 bits per heavy atom. The molecule has 2 aliphatic rings. The van der Waals surface area contributed by atoms with Gasteiger partial charge in [-0.15, -0.1) is 0 Å². The number of fused-ring (bicyclic) bond motifs is 5. The number of aromatic nitrogens is 4. The van der Waals surface area contributed by atoms with Crippen molar-refractivity contribution in [3.63, 3.8) is 0 Å². The molecule has 4 amide bonds. The number of pyridine rings is 2. The summed E-state index contributed by atoms with van der Waals surface area (Å²) in [5.74, 6) is 2.03. The first-order valence-electron chi connectivity index (χ1n) is 25.1. The third-order valence-electron chi connectivity index (χ3n) is 13.2. The van der Waals surface area contributed by atoms with Crippen molar-refractivity contribution in [1.82, 2.24) is 45.7 Å². The maximum atomic E-state index is 14.9. The monoisotopic (exact) mass is 1060 g/mol. The Balaban J connectivity index is 1.03. The summed E-state index contributed by atoms with van der Waals surface area (Å²) in [5.41, 5.74) is 1.08. The molecule has 3 atom stereocenters. The van der Waals surface area contributed by atoms with Gasteiger partial charge in [-0.3, -0.25) is 24.0 Å². The van der Waals surface area contributed by atoms with Crippen molar-refractivity contribution in [2.75, 3.05) is 45.8 Å². The van der Waals surface area contributed by atoms with Gasteiger partial charge in [-0.2, -0.15) is 0 Å². The lowest BCUT2D eigenvalue weighted by atomic mass is 9.86. The van der Waals surface area contributed by atoms with E-state index in [4.69, 9.17) is 14.5 Å². The number of halogens is 1. The van der Waals surface area contributed by atoms with Crippen LogP contribution in [0.2, 0.25) is 0 Å². The van der Waals surface area contributed by atoms with Crippen LogP contribution < -0.4 is 26.8 Å². The molecule has 0 saturated heterocycles. The van der Waals surface area contributed by atoms with Crippen LogP contribution in [0.1, 0.15) is 113 Å². The molecule has 402 valence electrons. The first-order chi connectivity index (χ1) is 35.7. The minimum atomic E-state index is -3.54. The highest BCUT2D eigenvalue weighted by Gasteiger charge is 2.45. The fourth-order valence-electron chi connectivity index (χ4n) is 8.82. The molecule has 22 heteroatoms. The Kier molecular flexibility index (Phi) is 19.5. The average molecular weight is 1060 g/mol. The summed E-state index contributed by atoms with van der Waals surface area (Å²) < 4.78 is 50.5. The van der Waals surface area contributed by atoms with Gasteiger partial charge in [-0.25, -0.2) is 32.6 Å². The Morgan fingerprint density at radius 1 is 1.00 bits per heavy atom. The van der Waals surface area contributed by atoms with Crippen molar-refractivity contribution in [1.29, 1.82) is 0 Å². The number of unbranched alkanes of at least 4 members (excludes halogenated alkanes) is 2. The van der Waals surface area contributed by atoms with Crippen molar-refractivity contribution in [2.45, 2.75) is 122 Å². The summed E-state index contributed by atoms with van der Waals surface area (Å²) in [5, 5.41) is 22.4. The Labute approximate surface area is 435 Å². The highest BCUT2D eigenvalue weighted by atomic mass is 32.2. The van der Waals surface area contributed by atoms with Crippen LogP contribution in [0.15, 0.2) is 46.6 Å². The van der Waals surface area contributed by atoms with E-state index in [9.17, 15) is 46.7 Å². The van der Waals surface area contributed by atoms with Gasteiger partial charge in [0.05, 0.1) is 47.7 Å². The van der Waals surface area contributed by atoms with Crippen LogP contribution in [0.3, 0.4) is 0 Å². The van der Waals surface area contributed by atoms with E-state index in [1.54, 1.807) is 52.0 Å². The number of carbonyl (C=O) groups is 5. The summed E-state index contributed by atoms with van der Waals surface area (Å²) in [7, 11) is -3.54. The molecule has 5 N–H and O–H groups in total. The van der Waals surface area contributed by atoms with Crippen LogP contribution in [-0.2, 0) is 62.0 Å². The number of ether oxygens (including phenoxy) is 2. The van der Waals surface area contributed by atoms with Gasteiger partial charge in [0.25, 0.3) is 5.56 Å². The van der Waals surface area contributed by atoms with Crippen molar-refractivity contribution in [3.05, 3.63) is 86.2 Å². The number of cyclic esters (lactones) is 1. The van der Waals surface area contributed by atoms with E-state index in [0.717, 1.165) is 32.3 Å². The van der Waals surface area contributed by atoms with E-state index < -0.39 is 69.1 Å². The van der Waals surface area contributed by atoms with Crippen LogP contribution >= 0.6 is 0 Å². The van der Waals surface area contributed by atoms with E-state index in [1.807, 2.05) is 0 Å². The maximum Gasteiger partial charge on any atom is 0.343 e. The van der Waals surface area contributed by atoms with Gasteiger partial charge in [0.15, 0.2) is 5.60 Å². The second kappa shape index (κ2) is 25.5. The summed E-state index contributed by atoms with van der Waals surface area (Å²) >= 11 is 0. The lowest BCUT2D eigenvalue weighted by Crippen LogP contribution is -2.56. The molecule has 1 aromatic carbocycles. The molecule has 3 aromatic heterocycles. The molecule has 0 aliphatic carbocycles. The zero-order valence-corrected chi connectivity index (χ0v) is 44.2. The second-order valence-corrected chi connectivity index (χ2v) is 20.8. The number of sulfone groups is 1. The summed E-state index contributed by atoms with van der Waals surface area (Å²) in [6.45, 7) is 12.6. The van der Waals surface area contributed by atoms with Gasteiger partial charge in [0.1, 0.15) is 31.2 Å². The zero-order valence-electron chi connectivity index (χ0n) is 43.4. The van der Waals surface area contributed by atoms with Gasteiger partial charge < -0.3 is 45.3 Å². The van der Waals surface area contributed by atoms with Crippen LogP contribution in [0, 0.1) is 30.5 Å². The number of esters is 1. The van der Waals surface area contributed by atoms with Crippen molar-refractivity contribution in [2.24, 2.45) is 5.92 Å². The van der Waals surface area contributed by atoms with Gasteiger partial charge in [0.2, 0.25) is 38.6 Å². The molecular weight excluding hydrogens is 990 g/mol. The lowest BCUT2D eigenvalue weighted by molar-refractivity contribution is -0.172. The van der Waals surface area contributed by atoms with Gasteiger partial charge in [-0.05, 0) is 87.8 Å². The summed E-state index contributed by atoms with van der Waals surface area (Å²) in [4.78, 5) is 94.4. The van der Waals surface area contributed by atoms with Crippen LogP contribution in [0.4, 0.5) is 4.39 Å². The zero-order chi connectivity index (χ0) is 54.6. The summed E-state index contributed by atoms with van der Waals surface area (Å²) in [6.07, 6.45) is 9.47. The number of aryl methyl sites for hydroxylation is 1. The van der Waals surface area contributed by atoms with Gasteiger partial charge in [-0.1, -0.05) is 58.6 Å². The molecule has 5 heterocycles. The number of hydrogen-bond donors (Lipinski definition) is 5. The highest BCUT2D eigenvalue weighted by molar-refractivity contribution is 7.90. The predicted molar refractivity (Wildman–Crippen MR) is 276 cm³/mol. The van der Waals surface area contributed by atoms with E-state index >= 15 is 0 Å². The number of hydrogen-bond acceptors (Lipinski definition) is 15. The number of nitrogens with zero attached hydrogens (tertiary/aromatic N) is 5. The molecule has 0 saturated carbocycles. The standard InChI is InChI=1S/C53H66FN9O11S/c1-8-53(70)39-24-43-47-37(29-63(43)50(68)38(39)30-74-51(53)69)35(36-23-33(6)40(54)25-42(36)59-47)18-16-22-73-31-58-45(65)28-55-48(66)41(19-14-15-21-62(9-2)10-3)60-49(67)46(32(4)5)61-44(64)20-13-11-12-17-34-26-56-52(57-27-34)75(7,71)72/h16,18,23-27,32,41,46,70H,8-11,13-15,19-22,28-31H2,1-7H3,(H,55,66)(H,58,65)(H,60,67)(H,61,64)/b18-16+/t41-,46-,53-/m0/s1. The first-order valence-corrected chi connectivity index (χ1v) is 27.0. The number of rotatable bonds is 24. The van der Waals surface area contributed by atoms with E-state index in [0.29, 0.717) is 63.8 Å². The smallest absolute Gasteiger partial charge is 0.343 e. The van der Waals surface area contributed by atoms with Crippen molar-refractivity contribution in [3.8, 4) is 23.2 Å². The first kappa shape index (κ1) is 57.4. The molecule has 0 unspecified atom stereocenters. The molecule has 0 radical (unpaired) electrons. The molecule has 0 spiro atoms. The van der Waals surface area contributed by atoms with Crippen LogP contribution in [-0.4, -0.2) is 125 Å². The third kappa shape index (κ3) is 14.1. The normalized spacial score (nSPS) is 15.6. The average Bonchev–Trinajstić information content (AvgIpc) is 3.74. The summed E-state index contributed by atoms with van der Waals surface area (Å²) in [6, 6.07) is 2.60. The quantitative estimate of drug-likeness (QED) is 0.0195. The van der Waals surface area contributed by atoms with Crippen LogP contribution in [0.5, 0.6) is 0 Å². The minimum Gasteiger partial charge on any atom is -0.458 e. The largest absolute Gasteiger partial charge is 0.458 e. The maximum absolute atomic E-state index is 14.9. The molecule has 0 fully saturated rings. The molecule has 6 rings (SSSR count). The number of aliphatic hydroxyl groups is 1. The van der Waals surface area contributed by atoms with E-state index in [2.05, 4.69) is 61.8 Å². The fraction of sp³-hybridized carbons (Fsp3) is 0.491. The molecule has 20 nitrogen and oxygen atoms in total.